The molecule has 0 aromatic carbocycles. The van der Waals surface area contributed by atoms with Crippen molar-refractivity contribution >= 4 is 9.03 Å². The van der Waals surface area contributed by atoms with Crippen LogP contribution in [0.3, 0.4) is 0 Å². The molecule has 0 aliphatic rings. The molecule has 82 valence electrons. The summed E-state index contributed by atoms with van der Waals surface area (Å²) in [6.07, 6.45) is 0.179. The van der Waals surface area contributed by atoms with Crippen LogP contribution in [0.1, 0.15) is 50.5 Å². The highest BCUT2D eigenvalue weighted by Crippen LogP contribution is 2.14. The van der Waals surface area contributed by atoms with Crippen molar-refractivity contribution in [1.29, 1.82) is 0 Å². The van der Waals surface area contributed by atoms with Gasteiger partial charge in [-0.1, -0.05) is 43.6 Å². The average molecular weight is 200 g/mol. The minimum absolute atomic E-state index is 0. The maximum absolute atomic E-state index is 8.29. The van der Waals surface area contributed by atoms with Gasteiger partial charge in [0.05, 0.1) is 6.10 Å². The van der Waals surface area contributed by atoms with Crippen LogP contribution in [0, 0.1) is 5.92 Å². The van der Waals surface area contributed by atoms with E-state index in [0.29, 0.717) is 5.92 Å². The predicted molar refractivity (Wildman–Crippen MR) is 62.8 cm³/mol. The second-order valence-corrected chi connectivity index (χ2v) is 2.58. The summed E-state index contributed by atoms with van der Waals surface area (Å²) in [7, 11) is -0.369. The van der Waals surface area contributed by atoms with Gasteiger partial charge in [0.25, 0.3) is 0 Å². The Labute approximate surface area is 81.7 Å². The van der Waals surface area contributed by atoms with Crippen LogP contribution < -0.4 is 0 Å². The Bertz CT molecular complexity index is 58.5. The largest absolute Gasteiger partial charge is 0.352 e. The summed E-state index contributed by atoms with van der Waals surface area (Å²) >= 11 is 0. The number of hydrogen-bond acceptors (Lipinski definition) is 2. The molecule has 0 aromatic heterocycles. The fraction of sp³-hybridized carbons (Fsp3) is 1.00. The third kappa shape index (κ3) is 16.7. The Kier molecular flexibility index (Phi) is 42.8. The standard InChI is InChI=1S/C5H13O2P.4CH4/c1-4(2)5(3)7-8-6;;;;/h4-6,8H,1-3H3;4*1H4. The number of rotatable bonds is 3. The zero-order chi connectivity index (χ0) is 6.57. The molecule has 2 unspecified atom stereocenters. The van der Waals surface area contributed by atoms with E-state index in [1.54, 1.807) is 0 Å². The highest BCUT2D eigenvalue weighted by molar-refractivity contribution is 7.25. The third-order valence-electron chi connectivity index (χ3n) is 1.18. The fourth-order valence-electron chi connectivity index (χ4n) is 0.219. The lowest BCUT2D eigenvalue weighted by Gasteiger charge is -2.12. The van der Waals surface area contributed by atoms with E-state index < -0.39 is 0 Å². The molecule has 1 N–H and O–H groups in total. The fourth-order valence-corrected chi connectivity index (χ4v) is 0.658. The lowest BCUT2D eigenvalue weighted by atomic mass is 10.1. The van der Waals surface area contributed by atoms with E-state index in [2.05, 4.69) is 13.8 Å². The highest BCUT2D eigenvalue weighted by Gasteiger charge is 2.04. The predicted octanol–water partition coefficient (Wildman–Crippen LogP) is 4.09. The molecule has 0 heterocycles. The van der Waals surface area contributed by atoms with E-state index in [-0.39, 0.29) is 44.8 Å². The zero-order valence-electron chi connectivity index (χ0n) is 5.51. The van der Waals surface area contributed by atoms with Gasteiger partial charge in [-0.2, -0.15) is 0 Å². The molecule has 0 fully saturated rings. The van der Waals surface area contributed by atoms with Gasteiger partial charge in [0.15, 0.2) is 9.03 Å². The van der Waals surface area contributed by atoms with Crippen LogP contribution in [0.5, 0.6) is 0 Å². The summed E-state index contributed by atoms with van der Waals surface area (Å²) in [5.41, 5.74) is 0. The Balaban J connectivity index is -0.0000000408. The van der Waals surface area contributed by atoms with Gasteiger partial charge in [0.2, 0.25) is 0 Å². The minimum atomic E-state index is -0.369. The van der Waals surface area contributed by atoms with Crippen LogP contribution >= 0.6 is 9.03 Å². The molecule has 0 saturated carbocycles. The molecule has 0 aliphatic carbocycles. The Morgan fingerprint density at radius 1 is 1.00 bits per heavy atom. The van der Waals surface area contributed by atoms with Crippen molar-refractivity contribution in [3.05, 3.63) is 0 Å². The van der Waals surface area contributed by atoms with Gasteiger partial charge in [-0.25, -0.2) is 0 Å². The Hall–Kier alpha value is 0.350. The van der Waals surface area contributed by atoms with E-state index in [9.17, 15) is 0 Å². The Morgan fingerprint density at radius 2 is 1.33 bits per heavy atom. The van der Waals surface area contributed by atoms with Crippen LogP contribution in [0.4, 0.5) is 0 Å². The van der Waals surface area contributed by atoms with Crippen molar-refractivity contribution in [2.24, 2.45) is 5.92 Å². The lowest BCUT2D eigenvalue weighted by Crippen LogP contribution is -2.10. The smallest absolute Gasteiger partial charge is 0.152 e. The van der Waals surface area contributed by atoms with E-state index in [4.69, 9.17) is 9.42 Å². The van der Waals surface area contributed by atoms with E-state index in [1.807, 2.05) is 6.92 Å². The molecular weight excluding hydrogens is 171 g/mol. The van der Waals surface area contributed by atoms with Crippen LogP contribution in [-0.2, 0) is 4.52 Å². The first-order chi connectivity index (χ1) is 3.68. The van der Waals surface area contributed by atoms with Gasteiger partial charge in [-0.15, -0.1) is 0 Å². The van der Waals surface area contributed by atoms with Crippen LogP contribution in [0.2, 0.25) is 0 Å². The first kappa shape index (κ1) is 29.4. The van der Waals surface area contributed by atoms with Crippen LogP contribution in [0.15, 0.2) is 0 Å². The van der Waals surface area contributed by atoms with Gasteiger partial charge in [0, 0.05) is 0 Å². The first-order valence-electron chi connectivity index (χ1n) is 2.73. The van der Waals surface area contributed by atoms with Gasteiger partial charge < -0.3 is 9.42 Å². The van der Waals surface area contributed by atoms with Crippen LogP contribution in [0.25, 0.3) is 0 Å². The van der Waals surface area contributed by atoms with Crippen molar-refractivity contribution in [2.75, 3.05) is 0 Å². The second kappa shape index (κ2) is 17.4. The third-order valence-corrected chi connectivity index (χ3v) is 1.65. The molecule has 0 rings (SSSR count). The molecule has 3 heteroatoms. The SMILES string of the molecule is C.C.C.C.CC(C)C(C)OPO. The monoisotopic (exact) mass is 200 g/mol. The van der Waals surface area contributed by atoms with Gasteiger partial charge in [-0.05, 0) is 12.8 Å². The molecule has 0 aliphatic heterocycles. The maximum Gasteiger partial charge on any atom is 0.152 e. The molecule has 0 spiro atoms. The lowest BCUT2D eigenvalue weighted by molar-refractivity contribution is 0.181. The molecule has 0 amide bonds. The quantitative estimate of drug-likeness (QED) is 0.695. The summed E-state index contributed by atoms with van der Waals surface area (Å²) in [4.78, 5) is 8.29. The molecule has 0 saturated heterocycles. The van der Waals surface area contributed by atoms with Crippen molar-refractivity contribution in [3.8, 4) is 0 Å². The molecule has 12 heavy (non-hydrogen) atoms. The van der Waals surface area contributed by atoms with Gasteiger partial charge >= 0.3 is 0 Å². The van der Waals surface area contributed by atoms with Gasteiger partial charge in [0.1, 0.15) is 0 Å². The highest BCUT2D eigenvalue weighted by atomic mass is 31.1. The zero-order valence-corrected chi connectivity index (χ0v) is 6.51. The van der Waals surface area contributed by atoms with Crippen molar-refractivity contribution in [3.63, 3.8) is 0 Å². The molecule has 0 radical (unpaired) electrons. The van der Waals surface area contributed by atoms with Gasteiger partial charge in [-0.3, -0.25) is 0 Å². The summed E-state index contributed by atoms with van der Waals surface area (Å²) in [6.45, 7) is 6.07. The van der Waals surface area contributed by atoms with Crippen molar-refractivity contribution in [1.82, 2.24) is 0 Å². The summed E-state index contributed by atoms with van der Waals surface area (Å²) < 4.78 is 4.89. The van der Waals surface area contributed by atoms with Crippen LogP contribution in [-0.4, -0.2) is 11.0 Å². The molecule has 0 bridgehead atoms. The average Bonchev–Trinajstić information content (AvgIpc) is 1.67. The van der Waals surface area contributed by atoms with Crippen molar-refractivity contribution in [2.45, 2.75) is 56.6 Å². The summed E-state index contributed by atoms with van der Waals surface area (Å²) in [6, 6.07) is 0. The van der Waals surface area contributed by atoms with E-state index >= 15 is 0 Å². The minimum Gasteiger partial charge on any atom is -0.352 e. The number of hydrogen-bond donors (Lipinski definition) is 1. The van der Waals surface area contributed by atoms with Crippen molar-refractivity contribution < 1.29 is 9.42 Å². The topological polar surface area (TPSA) is 29.5 Å². The van der Waals surface area contributed by atoms with E-state index in [1.165, 1.54) is 0 Å². The molecular formula is C9H29O2P. The Morgan fingerprint density at radius 3 is 1.42 bits per heavy atom. The summed E-state index contributed by atoms with van der Waals surface area (Å²) in [5, 5.41) is 0. The molecule has 2 atom stereocenters. The summed E-state index contributed by atoms with van der Waals surface area (Å²) in [5.74, 6) is 0.495. The molecule has 0 aromatic rings. The normalized spacial score (nSPS) is 10.8. The molecule has 2 nitrogen and oxygen atoms in total. The van der Waals surface area contributed by atoms with E-state index in [0.717, 1.165) is 0 Å². The second-order valence-electron chi connectivity index (χ2n) is 2.16. The first-order valence-corrected chi connectivity index (χ1v) is 3.58. The maximum atomic E-state index is 8.29.